The topological polar surface area (TPSA) is 123 Å². The van der Waals surface area contributed by atoms with Crippen LogP contribution in [0.15, 0.2) is 53.0 Å². The highest BCUT2D eigenvalue weighted by Crippen LogP contribution is 2.30. The lowest BCUT2D eigenvalue weighted by Crippen LogP contribution is -2.47. The van der Waals surface area contributed by atoms with Crippen LogP contribution in [0, 0.1) is 0 Å². The third kappa shape index (κ3) is 5.86. The van der Waals surface area contributed by atoms with Gasteiger partial charge in [0.2, 0.25) is 0 Å². The van der Waals surface area contributed by atoms with E-state index in [1.54, 1.807) is 31.2 Å². The second-order valence-electron chi connectivity index (χ2n) is 6.51. The number of nitrogens with one attached hydrogen (secondary N) is 3. The molecule has 1 aliphatic rings. The van der Waals surface area contributed by atoms with Crippen LogP contribution in [-0.2, 0) is 19.1 Å². The number of thiophene rings is 1. The summed E-state index contributed by atoms with van der Waals surface area (Å²) in [4.78, 5) is 49.7. The van der Waals surface area contributed by atoms with Crippen LogP contribution in [0.2, 0.25) is 5.02 Å². The van der Waals surface area contributed by atoms with Crippen LogP contribution >= 0.6 is 22.9 Å². The van der Waals surface area contributed by atoms with Crippen LogP contribution < -0.4 is 16.0 Å². The summed E-state index contributed by atoms with van der Waals surface area (Å²) in [6.45, 7) is 1.02. The predicted molar refractivity (Wildman–Crippen MR) is 117 cm³/mol. The Morgan fingerprint density at radius 1 is 1.16 bits per heavy atom. The first-order valence-corrected chi connectivity index (χ1v) is 10.8. The van der Waals surface area contributed by atoms with Crippen LogP contribution in [0.25, 0.3) is 0 Å². The monoisotopic (exact) mass is 477 g/mol. The zero-order chi connectivity index (χ0) is 23.1. The van der Waals surface area contributed by atoms with Gasteiger partial charge in [0, 0.05) is 15.5 Å². The number of carbonyl (C=O) groups is 4. The summed E-state index contributed by atoms with van der Waals surface area (Å²) in [6, 6.07) is 8.45. The molecule has 1 unspecified atom stereocenters. The quantitative estimate of drug-likeness (QED) is 0.502. The molecule has 3 N–H and O–H groups in total. The fraction of sp³-hybridized carbons (Fsp3) is 0.238. The van der Waals surface area contributed by atoms with Crippen molar-refractivity contribution in [2.24, 2.45) is 0 Å². The minimum Gasteiger partial charge on any atom is -0.463 e. The van der Waals surface area contributed by atoms with Crippen molar-refractivity contribution in [2.75, 3.05) is 19.8 Å². The lowest BCUT2D eigenvalue weighted by molar-refractivity contribution is -0.142. The molecule has 1 atom stereocenters. The Balaban J connectivity index is 1.68. The molecule has 0 aliphatic carbocycles. The highest BCUT2D eigenvalue weighted by molar-refractivity contribution is 7.10. The van der Waals surface area contributed by atoms with Crippen molar-refractivity contribution in [3.05, 3.63) is 68.5 Å². The van der Waals surface area contributed by atoms with E-state index >= 15 is 0 Å². The van der Waals surface area contributed by atoms with Gasteiger partial charge in [0.1, 0.15) is 13.2 Å². The minimum absolute atomic E-state index is 0.114. The van der Waals surface area contributed by atoms with Crippen molar-refractivity contribution in [2.45, 2.75) is 13.0 Å². The minimum atomic E-state index is -0.747. The molecule has 0 saturated heterocycles. The van der Waals surface area contributed by atoms with E-state index in [-0.39, 0.29) is 24.5 Å². The lowest BCUT2D eigenvalue weighted by Gasteiger charge is -2.28. The summed E-state index contributed by atoms with van der Waals surface area (Å²) in [5.74, 6) is -1.86. The molecule has 9 nitrogen and oxygen atoms in total. The van der Waals surface area contributed by atoms with Gasteiger partial charge in [-0.15, -0.1) is 11.3 Å². The van der Waals surface area contributed by atoms with E-state index in [1.165, 1.54) is 23.5 Å². The molecule has 3 rings (SSSR count). The lowest BCUT2D eigenvalue weighted by atomic mass is 10.0. The standard InChI is InChI=1S/C21H20ClN3O6S/c1-2-30-20(28)17-14(24-21(29)25-18(17)15-4-3-9-32-15)11-31-16(26)10-23-19(27)12-5-7-13(22)8-6-12/h3-9,18H,2,10-11H2,1H3,(H,23,27)(H2,24,25,29). The van der Waals surface area contributed by atoms with Gasteiger partial charge in [-0.1, -0.05) is 17.7 Å². The molecule has 3 amide bonds. The third-order valence-electron chi connectivity index (χ3n) is 4.35. The molecule has 1 aromatic heterocycles. The smallest absolute Gasteiger partial charge is 0.338 e. The number of ether oxygens (including phenoxy) is 2. The van der Waals surface area contributed by atoms with Gasteiger partial charge in [-0.3, -0.25) is 9.59 Å². The Labute approximate surface area is 192 Å². The van der Waals surface area contributed by atoms with Gasteiger partial charge in [0.25, 0.3) is 5.91 Å². The maximum atomic E-state index is 12.6. The molecular weight excluding hydrogens is 458 g/mol. The summed E-state index contributed by atoms with van der Waals surface area (Å²) >= 11 is 7.15. The Bertz CT molecular complexity index is 1040. The van der Waals surface area contributed by atoms with Crippen LogP contribution in [0.5, 0.6) is 0 Å². The van der Waals surface area contributed by atoms with Crippen molar-refractivity contribution in [1.29, 1.82) is 0 Å². The number of hydrogen-bond donors (Lipinski definition) is 3. The molecule has 11 heteroatoms. The molecular formula is C21H20ClN3O6S. The number of rotatable bonds is 8. The van der Waals surface area contributed by atoms with Crippen molar-refractivity contribution in [1.82, 2.24) is 16.0 Å². The van der Waals surface area contributed by atoms with Gasteiger partial charge in [-0.05, 0) is 42.6 Å². The number of urea groups is 1. The Kier molecular flexibility index (Phi) is 7.85. The van der Waals surface area contributed by atoms with Crippen molar-refractivity contribution in [3.8, 4) is 0 Å². The number of hydrogen-bond acceptors (Lipinski definition) is 7. The van der Waals surface area contributed by atoms with Gasteiger partial charge in [-0.2, -0.15) is 0 Å². The summed E-state index contributed by atoms with van der Waals surface area (Å²) in [7, 11) is 0. The zero-order valence-corrected chi connectivity index (χ0v) is 18.5. The first-order chi connectivity index (χ1) is 15.4. The van der Waals surface area contributed by atoms with Crippen molar-refractivity contribution < 1.29 is 28.7 Å². The van der Waals surface area contributed by atoms with Gasteiger partial charge in [-0.25, -0.2) is 9.59 Å². The SMILES string of the molecule is CCOC(=O)C1=C(COC(=O)CNC(=O)c2ccc(Cl)cc2)NC(=O)NC1c1cccs1. The average Bonchev–Trinajstić information content (AvgIpc) is 3.31. The third-order valence-corrected chi connectivity index (χ3v) is 5.54. The van der Waals surface area contributed by atoms with E-state index in [2.05, 4.69) is 16.0 Å². The Morgan fingerprint density at radius 3 is 2.56 bits per heavy atom. The summed E-state index contributed by atoms with van der Waals surface area (Å²) in [5.41, 5.74) is 0.591. The first kappa shape index (κ1) is 23.3. The van der Waals surface area contributed by atoms with E-state index in [0.717, 1.165) is 4.88 Å². The summed E-state index contributed by atoms with van der Waals surface area (Å²) in [6.07, 6.45) is 0. The van der Waals surface area contributed by atoms with Crippen LogP contribution in [-0.4, -0.2) is 43.6 Å². The van der Waals surface area contributed by atoms with Gasteiger partial charge in [0.15, 0.2) is 0 Å². The van der Waals surface area contributed by atoms with Crippen LogP contribution in [0.4, 0.5) is 4.79 Å². The molecule has 0 fully saturated rings. The number of benzene rings is 1. The fourth-order valence-electron chi connectivity index (χ4n) is 2.91. The molecule has 1 aromatic carbocycles. The predicted octanol–water partition coefficient (Wildman–Crippen LogP) is 2.55. The van der Waals surface area contributed by atoms with Gasteiger partial charge < -0.3 is 25.4 Å². The second-order valence-corrected chi connectivity index (χ2v) is 7.93. The summed E-state index contributed by atoms with van der Waals surface area (Å²) < 4.78 is 10.3. The van der Waals surface area contributed by atoms with E-state index in [9.17, 15) is 19.2 Å². The maximum absolute atomic E-state index is 12.6. The number of amides is 3. The molecule has 0 radical (unpaired) electrons. The normalized spacial score (nSPS) is 15.4. The Hall–Kier alpha value is -3.37. The zero-order valence-electron chi connectivity index (χ0n) is 17.0. The molecule has 32 heavy (non-hydrogen) atoms. The Morgan fingerprint density at radius 2 is 1.91 bits per heavy atom. The van der Waals surface area contributed by atoms with Gasteiger partial charge in [0.05, 0.1) is 23.9 Å². The van der Waals surface area contributed by atoms with Crippen molar-refractivity contribution in [3.63, 3.8) is 0 Å². The molecule has 2 aromatic rings. The highest BCUT2D eigenvalue weighted by atomic mass is 35.5. The van der Waals surface area contributed by atoms with E-state index in [1.807, 2.05) is 5.38 Å². The van der Waals surface area contributed by atoms with Crippen molar-refractivity contribution >= 4 is 46.8 Å². The second kappa shape index (κ2) is 10.8. The maximum Gasteiger partial charge on any atom is 0.338 e. The molecule has 0 bridgehead atoms. The molecule has 0 saturated carbocycles. The number of carbonyl (C=O) groups excluding carboxylic acids is 4. The van der Waals surface area contributed by atoms with E-state index in [0.29, 0.717) is 10.6 Å². The van der Waals surface area contributed by atoms with E-state index < -0.39 is 36.5 Å². The number of esters is 2. The van der Waals surface area contributed by atoms with E-state index in [4.69, 9.17) is 21.1 Å². The average molecular weight is 478 g/mol. The summed E-state index contributed by atoms with van der Waals surface area (Å²) in [5, 5.41) is 9.92. The molecule has 2 heterocycles. The molecule has 168 valence electrons. The molecule has 0 spiro atoms. The highest BCUT2D eigenvalue weighted by Gasteiger charge is 2.34. The van der Waals surface area contributed by atoms with Crippen LogP contribution in [0.1, 0.15) is 28.2 Å². The first-order valence-electron chi connectivity index (χ1n) is 9.59. The number of halogens is 1. The van der Waals surface area contributed by atoms with Crippen LogP contribution in [0.3, 0.4) is 0 Å². The largest absolute Gasteiger partial charge is 0.463 e. The molecule has 1 aliphatic heterocycles. The fourth-order valence-corrected chi connectivity index (χ4v) is 3.82. The van der Waals surface area contributed by atoms with Gasteiger partial charge >= 0.3 is 18.0 Å².